The summed E-state index contributed by atoms with van der Waals surface area (Å²) >= 11 is 0. The summed E-state index contributed by atoms with van der Waals surface area (Å²) in [6.45, 7) is 8.26. The summed E-state index contributed by atoms with van der Waals surface area (Å²) in [4.78, 5) is 12.3. The van der Waals surface area contributed by atoms with Crippen LogP contribution in [0.2, 0.25) is 0 Å². The second-order valence-electron chi connectivity index (χ2n) is 6.08. The number of ether oxygens (including phenoxy) is 2. The number of carbonyl (C=O) groups is 1. The van der Waals surface area contributed by atoms with Crippen molar-refractivity contribution in [2.45, 2.75) is 33.9 Å². The Morgan fingerprint density at radius 1 is 1.07 bits per heavy atom. The second kappa shape index (κ2) is 9.07. The predicted molar refractivity (Wildman–Crippen MR) is 106 cm³/mol. The zero-order valence-electron chi connectivity index (χ0n) is 16.4. The summed E-state index contributed by atoms with van der Waals surface area (Å²) in [6.07, 6.45) is 5.18. The van der Waals surface area contributed by atoms with E-state index in [4.69, 9.17) is 9.47 Å². The van der Waals surface area contributed by atoms with Crippen LogP contribution in [0.5, 0.6) is 11.5 Å². The van der Waals surface area contributed by atoms with E-state index >= 15 is 0 Å². The molecule has 0 aliphatic rings. The Kier molecular flexibility index (Phi) is 6.31. The Morgan fingerprint density at radius 3 is 2.57 bits per heavy atom. The van der Waals surface area contributed by atoms with Crippen molar-refractivity contribution in [2.75, 3.05) is 18.5 Å². The van der Waals surface area contributed by atoms with E-state index in [1.807, 2.05) is 39.0 Å². The predicted octanol–water partition coefficient (Wildman–Crippen LogP) is 3.20. The Balaban J connectivity index is 1.67. The van der Waals surface area contributed by atoms with Crippen LogP contribution in [0.1, 0.15) is 36.8 Å². The van der Waals surface area contributed by atoms with E-state index in [9.17, 15) is 4.79 Å². The standard InChI is InChI=1S/C20H25N5O3/c1-4-24-10-9-17(23-24)20(26)22-16-12-21-25(14-16)13-15-7-8-18(27-5-2)19(11-15)28-6-3/h7-12,14H,4-6,13H2,1-3H3,(H,22,26). The Morgan fingerprint density at radius 2 is 1.86 bits per heavy atom. The fourth-order valence-corrected chi connectivity index (χ4v) is 2.75. The molecule has 0 saturated carbocycles. The zero-order chi connectivity index (χ0) is 19.9. The zero-order valence-corrected chi connectivity index (χ0v) is 16.4. The molecule has 0 saturated heterocycles. The van der Waals surface area contributed by atoms with Gasteiger partial charge in [-0.15, -0.1) is 0 Å². The van der Waals surface area contributed by atoms with E-state index in [1.165, 1.54) is 0 Å². The van der Waals surface area contributed by atoms with Gasteiger partial charge in [0.25, 0.3) is 5.91 Å². The van der Waals surface area contributed by atoms with Crippen LogP contribution in [-0.2, 0) is 13.1 Å². The third-order valence-electron chi connectivity index (χ3n) is 4.04. The second-order valence-corrected chi connectivity index (χ2v) is 6.08. The average Bonchev–Trinajstić information content (AvgIpc) is 3.33. The molecule has 0 unspecified atom stereocenters. The van der Waals surface area contributed by atoms with E-state index in [-0.39, 0.29) is 5.91 Å². The van der Waals surface area contributed by atoms with Crippen LogP contribution < -0.4 is 14.8 Å². The molecule has 0 fully saturated rings. The van der Waals surface area contributed by atoms with E-state index in [0.29, 0.717) is 36.9 Å². The molecule has 0 aliphatic carbocycles. The highest BCUT2D eigenvalue weighted by Gasteiger charge is 2.11. The van der Waals surface area contributed by atoms with Gasteiger partial charge in [0.2, 0.25) is 0 Å². The highest BCUT2D eigenvalue weighted by atomic mass is 16.5. The lowest BCUT2D eigenvalue weighted by Crippen LogP contribution is -2.13. The molecule has 28 heavy (non-hydrogen) atoms. The number of nitrogens with zero attached hydrogens (tertiary/aromatic N) is 4. The molecular weight excluding hydrogens is 358 g/mol. The highest BCUT2D eigenvalue weighted by molar-refractivity contribution is 6.02. The Labute approximate surface area is 164 Å². The van der Waals surface area contributed by atoms with Gasteiger partial charge in [0.05, 0.1) is 31.6 Å². The molecular formula is C20H25N5O3. The van der Waals surface area contributed by atoms with E-state index in [1.54, 1.807) is 34.0 Å². The maximum Gasteiger partial charge on any atom is 0.276 e. The number of amides is 1. The minimum atomic E-state index is -0.258. The molecule has 3 rings (SSSR count). The molecule has 2 aromatic heterocycles. The number of benzene rings is 1. The molecule has 0 bridgehead atoms. The van der Waals surface area contributed by atoms with Crippen molar-refractivity contribution in [1.29, 1.82) is 0 Å². The highest BCUT2D eigenvalue weighted by Crippen LogP contribution is 2.28. The van der Waals surface area contributed by atoms with Gasteiger partial charge in [-0.3, -0.25) is 14.2 Å². The van der Waals surface area contributed by atoms with Gasteiger partial charge in [-0.25, -0.2) is 0 Å². The van der Waals surface area contributed by atoms with Gasteiger partial charge < -0.3 is 14.8 Å². The van der Waals surface area contributed by atoms with Crippen molar-refractivity contribution in [3.05, 3.63) is 54.1 Å². The van der Waals surface area contributed by atoms with Gasteiger partial charge in [0.15, 0.2) is 17.2 Å². The molecule has 148 valence electrons. The molecule has 1 N–H and O–H groups in total. The van der Waals surface area contributed by atoms with E-state index < -0.39 is 0 Å². The fourth-order valence-electron chi connectivity index (χ4n) is 2.75. The summed E-state index contributed by atoms with van der Waals surface area (Å²) in [5.74, 6) is 1.19. The Bertz CT molecular complexity index is 932. The molecule has 0 atom stereocenters. The normalized spacial score (nSPS) is 10.7. The van der Waals surface area contributed by atoms with Crippen LogP contribution in [0.15, 0.2) is 42.9 Å². The largest absolute Gasteiger partial charge is 0.490 e. The van der Waals surface area contributed by atoms with Crippen LogP contribution in [0, 0.1) is 0 Å². The van der Waals surface area contributed by atoms with Crippen molar-refractivity contribution < 1.29 is 14.3 Å². The minimum absolute atomic E-state index is 0.258. The van der Waals surface area contributed by atoms with Crippen molar-refractivity contribution in [2.24, 2.45) is 0 Å². The lowest BCUT2D eigenvalue weighted by Gasteiger charge is -2.12. The topological polar surface area (TPSA) is 83.2 Å². The molecule has 3 aromatic rings. The molecule has 0 aliphatic heterocycles. The van der Waals surface area contributed by atoms with Gasteiger partial charge in [-0.1, -0.05) is 6.07 Å². The number of anilines is 1. The van der Waals surface area contributed by atoms with Gasteiger partial charge in [-0.05, 0) is 44.5 Å². The quantitative estimate of drug-likeness (QED) is 0.613. The Hall–Kier alpha value is -3.29. The summed E-state index contributed by atoms with van der Waals surface area (Å²) in [6, 6.07) is 7.52. The van der Waals surface area contributed by atoms with Crippen LogP contribution in [0.3, 0.4) is 0 Å². The molecule has 8 heteroatoms. The number of rotatable bonds is 9. The number of aromatic nitrogens is 4. The van der Waals surface area contributed by atoms with Crippen LogP contribution in [-0.4, -0.2) is 38.7 Å². The van der Waals surface area contributed by atoms with Gasteiger partial charge >= 0.3 is 0 Å². The van der Waals surface area contributed by atoms with Crippen LogP contribution >= 0.6 is 0 Å². The summed E-state index contributed by atoms with van der Waals surface area (Å²) in [7, 11) is 0. The lowest BCUT2D eigenvalue weighted by atomic mass is 10.2. The number of hydrogen-bond donors (Lipinski definition) is 1. The van der Waals surface area contributed by atoms with Crippen molar-refractivity contribution in [1.82, 2.24) is 19.6 Å². The average molecular weight is 383 g/mol. The number of carbonyl (C=O) groups excluding carboxylic acids is 1. The SMILES string of the molecule is CCOc1ccc(Cn2cc(NC(=O)c3ccn(CC)n3)cn2)cc1OCC. The first-order valence-corrected chi connectivity index (χ1v) is 9.38. The van der Waals surface area contributed by atoms with Crippen LogP contribution in [0.25, 0.3) is 0 Å². The molecule has 2 heterocycles. The van der Waals surface area contributed by atoms with Crippen LogP contribution in [0.4, 0.5) is 5.69 Å². The molecule has 0 radical (unpaired) electrons. The summed E-state index contributed by atoms with van der Waals surface area (Å²) in [5, 5.41) is 11.3. The lowest BCUT2D eigenvalue weighted by molar-refractivity contribution is 0.102. The van der Waals surface area contributed by atoms with Gasteiger partial charge in [0.1, 0.15) is 0 Å². The van der Waals surface area contributed by atoms with Crippen molar-refractivity contribution in [3.8, 4) is 11.5 Å². The number of aryl methyl sites for hydroxylation is 1. The van der Waals surface area contributed by atoms with E-state index in [2.05, 4.69) is 15.5 Å². The molecule has 8 nitrogen and oxygen atoms in total. The third kappa shape index (κ3) is 4.70. The number of nitrogens with one attached hydrogen (secondary N) is 1. The van der Waals surface area contributed by atoms with E-state index in [0.717, 1.165) is 17.9 Å². The minimum Gasteiger partial charge on any atom is -0.490 e. The number of hydrogen-bond acceptors (Lipinski definition) is 5. The maximum atomic E-state index is 12.3. The first-order chi connectivity index (χ1) is 13.6. The maximum absolute atomic E-state index is 12.3. The first-order valence-electron chi connectivity index (χ1n) is 9.38. The smallest absolute Gasteiger partial charge is 0.276 e. The van der Waals surface area contributed by atoms with Crippen molar-refractivity contribution >= 4 is 11.6 Å². The van der Waals surface area contributed by atoms with Crippen molar-refractivity contribution in [3.63, 3.8) is 0 Å². The molecule has 0 spiro atoms. The van der Waals surface area contributed by atoms with Gasteiger partial charge in [0, 0.05) is 18.9 Å². The first kappa shape index (κ1) is 19.5. The van der Waals surface area contributed by atoms with Gasteiger partial charge in [-0.2, -0.15) is 10.2 Å². The fraction of sp³-hybridized carbons (Fsp3) is 0.350. The summed E-state index contributed by atoms with van der Waals surface area (Å²) in [5.41, 5.74) is 2.02. The summed E-state index contributed by atoms with van der Waals surface area (Å²) < 4.78 is 14.7. The molecule has 1 amide bonds. The molecule has 1 aromatic carbocycles. The monoisotopic (exact) mass is 383 g/mol. The third-order valence-corrected chi connectivity index (χ3v) is 4.04.